The highest BCUT2D eigenvalue weighted by atomic mass is 35.5. The lowest BCUT2D eigenvalue weighted by atomic mass is 10.2. The Morgan fingerprint density at radius 2 is 2.14 bits per heavy atom. The summed E-state index contributed by atoms with van der Waals surface area (Å²) in [6, 6.07) is 6.98. The second-order valence-corrected chi connectivity index (χ2v) is 5.01. The number of hydrogen-bond acceptors (Lipinski definition) is 4. The molecular weight excluding hydrogens is 313 g/mol. The van der Waals surface area contributed by atoms with Crippen LogP contribution in [0, 0.1) is 0 Å². The highest BCUT2D eigenvalue weighted by Crippen LogP contribution is 2.18. The molecule has 3 heterocycles. The fraction of sp³-hybridized carbons (Fsp3) is 0.0769. The van der Waals surface area contributed by atoms with Gasteiger partial charge in [0, 0.05) is 12.4 Å². The molecule has 0 saturated heterocycles. The average molecular weight is 322 g/mol. The Labute approximate surface area is 129 Å². The van der Waals surface area contributed by atoms with Crippen LogP contribution < -0.4 is 5.32 Å². The molecule has 3 aromatic heterocycles. The van der Waals surface area contributed by atoms with Gasteiger partial charge in [-0.3, -0.25) is 9.20 Å². The van der Waals surface area contributed by atoms with Crippen molar-refractivity contribution in [3.8, 4) is 0 Å². The summed E-state index contributed by atoms with van der Waals surface area (Å²) in [5.74, 6) is 0.271. The molecule has 21 heavy (non-hydrogen) atoms. The number of carbonyl (C=O) groups is 1. The number of nitrogens with one attached hydrogen (secondary N) is 1. The number of amides is 1. The fourth-order valence-corrected chi connectivity index (χ4v) is 2.20. The highest BCUT2D eigenvalue weighted by molar-refractivity contribution is 6.35. The zero-order valence-corrected chi connectivity index (χ0v) is 12.1. The van der Waals surface area contributed by atoms with Gasteiger partial charge in [0.1, 0.15) is 5.15 Å². The topological polar surface area (TPSA) is 72.2 Å². The van der Waals surface area contributed by atoms with Crippen LogP contribution in [-0.2, 0) is 6.54 Å². The summed E-state index contributed by atoms with van der Waals surface area (Å²) >= 11 is 11.7. The van der Waals surface area contributed by atoms with Gasteiger partial charge in [0.25, 0.3) is 5.91 Å². The Balaban J connectivity index is 1.78. The molecule has 0 spiro atoms. The van der Waals surface area contributed by atoms with E-state index < -0.39 is 0 Å². The van der Waals surface area contributed by atoms with Gasteiger partial charge in [0.15, 0.2) is 11.5 Å². The van der Waals surface area contributed by atoms with Crippen molar-refractivity contribution < 1.29 is 4.79 Å². The van der Waals surface area contributed by atoms with Gasteiger partial charge in [0.05, 0.1) is 17.1 Å². The highest BCUT2D eigenvalue weighted by Gasteiger charge is 2.13. The van der Waals surface area contributed by atoms with Crippen LogP contribution in [0.3, 0.4) is 0 Å². The number of nitrogens with zero attached hydrogens (tertiary/aromatic N) is 4. The van der Waals surface area contributed by atoms with Crippen molar-refractivity contribution >= 4 is 34.8 Å². The number of carbonyl (C=O) groups excluding carboxylic acids is 1. The molecule has 0 unspecified atom stereocenters. The first-order valence-electron chi connectivity index (χ1n) is 6.03. The number of aromatic nitrogens is 4. The number of hydrogen-bond donors (Lipinski definition) is 1. The van der Waals surface area contributed by atoms with E-state index in [1.165, 1.54) is 12.3 Å². The first kappa shape index (κ1) is 13.8. The first-order chi connectivity index (χ1) is 10.1. The summed E-state index contributed by atoms with van der Waals surface area (Å²) < 4.78 is 1.79. The Bertz CT molecular complexity index is 817. The summed E-state index contributed by atoms with van der Waals surface area (Å²) in [4.78, 5) is 15.9. The van der Waals surface area contributed by atoms with E-state index in [1.54, 1.807) is 4.40 Å². The van der Waals surface area contributed by atoms with Crippen molar-refractivity contribution in [3.05, 3.63) is 58.2 Å². The van der Waals surface area contributed by atoms with Crippen molar-refractivity contribution in [1.29, 1.82) is 0 Å². The molecule has 0 radical (unpaired) electrons. The Morgan fingerprint density at radius 1 is 1.29 bits per heavy atom. The molecule has 0 bridgehead atoms. The quantitative estimate of drug-likeness (QED) is 0.752. The molecule has 0 aliphatic rings. The molecule has 0 aromatic carbocycles. The van der Waals surface area contributed by atoms with Gasteiger partial charge >= 0.3 is 0 Å². The molecule has 0 saturated carbocycles. The lowest BCUT2D eigenvalue weighted by Crippen LogP contribution is -2.24. The van der Waals surface area contributed by atoms with Crippen LogP contribution in [0.2, 0.25) is 10.2 Å². The molecule has 3 rings (SSSR count). The van der Waals surface area contributed by atoms with E-state index >= 15 is 0 Å². The van der Waals surface area contributed by atoms with Crippen LogP contribution in [0.4, 0.5) is 0 Å². The van der Waals surface area contributed by atoms with Gasteiger partial charge in [-0.05, 0) is 18.2 Å². The molecule has 0 fully saturated rings. The molecular formula is C13H9Cl2N5O. The van der Waals surface area contributed by atoms with Crippen molar-refractivity contribution in [2.45, 2.75) is 6.54 Å². The van der Waals surface area contributed by atoms with Crippen LogP contribution in [-0.4, -0.2) is 25.5 Å². The second-order valence-electron chi connectivity index (χ2n) is 4.21. The predicted molar refractivity (Wildman–Crippen MR) is 78.4 cm³/mol. The molecule has 106 valence electrons. The fourth-order valence-electron chi connectivity index (χ4n) is 1.85. The third kappa shape index (κ3) is 2.81. The number of fused-ring (bicyclic) bond motifs is 1. The predicted octanol–water partition coefficient (Wildman–Crippen LogP) is 2.36. The smallest absolute Gasteiger partial charge is 0.253 e. The lowest BCUT2D eigenvalue weighted by Gasteiger charge is -2.06. The molecule has 1 N–H and O–H groups in total. The molecule has 1 amide bonds. The summed E-state index contributed by atoms with van der Waals surface area (Å²) in [6.45, 7) is 0.223. The van der Waals surface area contributed by atoms with E-state index in [1.807, 2.05) is 24.4 Å². The summed E-state index contributed by atoms with van der Waals surface area (Å²) in [7, 11) is 0. The van der Waals surface area contributed by atoms with E-state index in [-0.39, 0.29) is 28.2 Å². The number of pyridine rings is 2. The lowest BCUT2D eigenvalue weighted by molar-refractivity contribution is 0.0950. The maximum atomic E-state index is 12.1. The number of rotatable bonds is 3. The van der Waals surface area contributed by atoms with Crippen molar-refractivity contribution in [2.75, 3.05) is 0 Å². The minimum absolute atomic E-state index is 0.206. The summed E-state index contributed by atoms with van der Waals surface area (Å²) in [5, 5.41) is 11.2. The first-order valence-corrected chi connectivity index (χ1v) is 6.78. The Kier molecular flexibility index (Phi) is 3.72. The normalized spacial score (nSPS) is 10.8. The van der Waals surface area contributed by atoms with Crippen LogP contribution in [0.1, 0.15) is 16.2 Å². The molecule has 3 aromatic rings. The number of halogens is 2. The molecule has 8 heteroatoms. The van der Waals surface area contributed by atoms with Crippen molar-refractivity contribution in [1.82, 2.24) is 24.9 Å². The maximum Gasteiger partial charge on any atom is 0.253 e. The van der Waals surface area contributed by atoms with Gasteiger partial charge in [-0.2, -0.15) is 0 Å². The van der Waals surface area contributed by atoms with E-state index in [0.717, 1.165) is 0 Å². The molecule has 6 nitrogen and oxygen atoms in total. The van der Waals surface area contributed by atoms with Crippen LogP contribution in [0.5, 0.6) is 0 Å². The Hall–Kier alpha value is -2.18. The minimum atomic E-state index is -0.350. The largest absolute Gasteiger partial charge is 0.345 e. The van der Waals surface area contributed by atoms with E-state index in [4.69, 9.17) is 23.2 Å². The van der Waals surface area contributed by atoms with Gasteiger partial charge < -0.3 is 5.32 Å². The standard InChI is InChI=1S/C13H9Cl2N5O/c14-9-6-16-10(15)5-8(9)13(21)17-7-12-19-18-11-3-1-2-4-20(11)12/h1-6H,7H2,(H,17,21). The maximum absolute atomic E-state index is 12.1. The van der Waals surface area contributed by atoms with Crippen molar-refractivity contribution in [2.24, 2.45) is 0 Å². The van der Waals surface area contributed by atoms with Crippen LogP contribution in [0.15, 0.2) is 36.7 Å². The minimum Gasteiger partial charge on any atom is -0.345 e. The monoisotopic (exact) mass is 321 g/mol. The summed E-state index contributed by atoms with van der Waals surface area (Å²) in [5.41, 5.74) is 0.984. The zero-order chi connectivity index (χ0) is 14.8. The van der Waals surface area contributed by atoms with E-state index in [2.05, 4.69) is 20.5 Å². The molecule has 0 aliphatic heterocycles. The van der Waals surface area contributed by atoms with E-state index in [9.17, 15) is 4.79 Å². The van der Waals surface area contributed by atoms with Gasteiger partial charge in [-0.15, -0.1) is 10.2 Å². The van der Waals surface area contributed by atoms with Gasteiger partial charge in [-0.25, -0.2) is 4.98 Å². The van der Waals surface area contributed by atoms with Gasteiger partial charge in [-0.1, -0.05) is 29.3 Å². The summed E-state index contributed by atoms with van der Waals surface area (Å²) in [6.07, 6.45) is 3.17. The third-order valence-corrected chi connectivity index (χ3v) is 3.37. The van der Waals surface area contributed by atoms with Crippen molar-refractivity contribution in [3.63, 3.8) is 0 Å². The third-order valence-electron chi connectivity index (χ3n) is 2.86. The molecule has 0 aliphatic carbocycles. The van der Waals surface area contributed by atoms with Gasteiger partial charge in [0.2, 0.25) is 0 Å². The second kappa shape index (κ2) is 5.67. The average Bonchev–Trinajstić information content (AvgIpc) is 2.90. The Morgan fingerprint density at radius 3 is 3.00 bits per heavy atom. The van der Waals surface area contributed by atoms with E-state index in [0.29, 0.717) is 11.5 Å². The molecule has 0 atom stereocenters. The SMILES string of the molecule is O=C(NCc1nnc2ccccn12)c1cc(Cl)ncc1Cl. The van der Waals surface area contributed by atoms with Crippen LogP contribution >= 0.6 is 23.2 Å². The zero-order valence-electron chi connectivity index (χ0n) is 10.6. The van der Waals surface area contributed by atoms with Crippen LogP contribution in [0.25, 0.3) is 5.65 Å².